The molecule has 2 rings (SSSR count). The van der Waals surface area contributed by atoms with Crippen molar-refractivity contribution in [3.05, 3.63) is 29.8 Å². The molecule has 0 radical (unpaired) electrons. The molecule has 0 aliphatic carbocycles. The van der Waals surface area contributed by atoms with Crippen LogP contribution in [0.4, 0.5) is 5.69 Å². The second kappa shape index (κ2) is 6.21. The van der Waals surface area contributed by atoms with Gasteiger partial charge in [-0.3, -0.25) is 0 Å². The molecule has 3 heteroatoms. The maximum Gasteiger partial charge on any atom is 0.0755 e. The van der Waals surface area contributed by atoms with Gasteiger partial charge in [0.1, 0.15) is 0 Å². The molecule has 1 aromatic carbocycles. The highest BCUT2D eigenvalue weighted by Gasteiger charge is 2.25. The topological polar surface area (TPSA) is 24.5 Å². The maximum absolute atomic E-state index is 6.01. The van der Waals surface area contributed by atoms with E-state index in [4.69, 9.17) is 4.74 Å². The third-order valence-electron chi connectivity index (χ3n) is 3.58. The summed E-state index contributed by atoms with van der Waals surface area (Å²) in [5, 5.41) is 3.18. The molecular weight excluding hydrogens is 224 g/mol. The Morgan fingerprint density at radius 1 is 1.22 bits per heavy atom. The number of rotatable bonds is 5. The van der Waals surface area contributed by atoms with Crippen molar-refractivity contribution in [1.82, 2.24) is 5.32 Å². The Balaban J connectivity index is 1.84. The van der Waals surface area contributed by atoms with Crippen LogP contribution in [0.5, 0.6) is 0 Å². The van der Waals surface area contributed by atoms with Crippen LogP contribution in [0.25, 0.3) is 0 Å². The van der Waals surface area contributed by atoms with Gasteiger partial charge in [0, 0.05) is 25.8 Å². The number of ether oxygens (including phenoxy) is 1. The molecule has 1 aliphatic rings. The first-order valence-electron chi connectivity index (χ1n) is 6.77. The van der Waals surface area contributed by atoms with Crippen molar-refractivity contribution in [2.75, 3.05) is 32.1 Å². The van der Waals surface area contributed by atoms with Crippen LogP contribution in [-0.4, -0.2) is 39.4 Å². The molecule has 0 saturated carbocycles. The molecule has 1 N–H and O–H groups in total. The first-order chi connectivity index (χ1) is 8.69. The minimum Gasteiger partial charge on any atom is -0.372 e. The van der Waals surface area contributed by atoms with Gasteiger partial charge in [-0.2, -0.15) is 0 Å². The zero-order valence-electron chi connectivity index (χ0n) is 11.6. The Hall–Kier alpha value is -1.06. The second-order valence-corrected chi connectivity index (χ2v) is 5.23. The fourth-order valence-electron chi connectivity index (χ4n) is 2.50. The van der Waals surface area contributed by atoms with E-state index < -0.39 is 0 Å². The largest absolute Gasteiger partial charge is 0.372 e. The van der Waals surface area contributed by atoms with Gasteiger partial charge in [0.2, 0.25) is 0 Å². The summed E-state index contributed by atoms with van der Waals surface area (Å²) in [4.78, 5) is 2.28. The molecular formula is C15H24N2O. The van der Waals surface area contributed by atoms with Crippen LogP contribution in [0, 0.1) is 6.92 Å². The summed E-state index contributed by atoms with van der Waals surface area (Å²) < 4.78 is 6.01. The van der Waals surface area contributed by atoms with Crippen LogP contribution in [-0.2, 0) is 4.74 Å². The first-order valence-corrected chi connectivity index (χ1v) is 6.77. The van der Waals surface area contributed by atoms with Crippen molar-refractivity contribution >= 4 is 5.69 Å². The number of nitrogens with one attached hydrogen (secondary N) is 1. The van der Waals surface area contributed by atoms with E-state index in [1.807, 2.05) is 7.05 Å². The highest BCUT2D eigenvalue weighted by molar-refractivity contribution is 5.46. The van der Waals surface area contributed by atoms with Crippen molar-refractivity contribution in [3.63, 3.8) is 0 Å². The van der Waals surface area contributed by atoms with E-state index in [0.717, 1.165) is 13.1 Å². The zero-order valence-corrected chi connectivity index (χ0v) is 11.6. The normalized spacial score (nSPS) is 23.3. The zero-order chi connectivity index (χ0) is 13.0. The Bertz CT molecular complexity index is 363. The lowest BCUT2D eigenvalue weighted by Crippen LogP contribution is -2.31. The highest BCUT2D eigenvalue weighted by atomic mass is 16.5. The number of likely N-dealkylation sites (N-methyl/N-ethyl adjacent to an activating group) is 2. The van der Waals surface area contributed by atoms with Gasteiger partial charge in [0.25, 0.3) is 0 Å². The van der Waals surface area contributed by atoms with E-state index in [1.165, 1.54) is 24.1 Å². The predicted molar refractivity (Wildman–Crippen MR) is 76.3 cm³/mol. The fourth-order valence-corrected chi connectivity index (χ4v) is 2.50. The second-order valence-electron chi connectivity index (χ2n) is 5.23. The van der Waals surface area contributed by atoms with E-state index in [2.05, 4.69) is 48.5 Å². The maximum atomic E-state index is 6.01. The lowest BCUT2D eigenvalue weighted by Gasteiger charge is -2.23. The molecule has 1 heterocycles. The van der Waals surface area contributed by atoms with Crippen molar-refractivity contribution in [1.29, 1.82) is 0 Å². The van der Waals surface area contributed by atoms with Gasteiger partial charge in [0.05, 0.1) is 12.2 Å². The summed E-state index contributed by atoms with van der Waals surface area (Å²) >= 11 is 0. The van der Waals surface area contributed by atoms with Crippen LogP contribution >= 0.6 is 0 Å². The van der Waals surface area contributed by atoms with Crippen LogP contribution in [0.2, 0.25) is 0 Å². The summed E-state index contributed by atoms with van der Waals surface area (Å²) in [5.74, 6) is 0. The van der Waals surface area contributed by atoms with E-state index >= 15 is 0 Å². The Labute approximate surface area is 110 Å². The number of hydrogen-bond donors (Lipinski definition) is 1. The van der Waals surface area contributed by atoms with Gasteiger partial charge in [-0.05, 0) is 38.9 Å². The predicted octanol–water partition coefficient (Wildman–Crippen LogP) is 2.20. The standard InChI is InChI=1S/C15H24N2O/c1-12-4-6-13(7-5-12)17(3)11-15-9-8-14(18-15)10-16-2/h4-7,14-16H,8-11H2,1-3H3. The average Bonchev–Trinajstić information content (AvgIpc) is 2.78. The van der Waals surface area contributed by atoms with E-state index in [-0.39, 0.29) is 0 Å². The van der Waals surface area contributed by atoms with Gasteiger partial charge >= 0.3 is 0 Å². The Kier molecular flexibility index (Phi) is 4.61. The minimum atomic E-state index is 0.370. The molecule has 100 valence electrons. The molecule has 2 atom stereocenters. The van der Waals surface area contributed by atoms with E-state index in [9.17, 15) is 0 Å². The van der Waals surface area contributed by atoms with E-state index in [0.29, 0.717) is 12.2 Å². The summed E-state index contributed by atoms with van der Waals surface area (Å²) in [7, 11) is 4.12. The van der Waals surface area contributed by atoms with Crippen LogP contribution in [0.3, 0.4) is 0 Å². The molecule has 1 aromatic rings. The first kappa shape index (κ1) is 13.4. The van der Waals surface area contributed by atoms with Gasteiger partial charge in [-0.15, -0.1) is 0 Å². The smallest absolute Gasteiger partial charge is 0.0755 e. The number of benzene rings is 1. The molecule has 1 aliphatic heterocycles. The lowest BCUT2D eigenvalue weighted by molar-refractivity contribution is 0.0511. The highest BCUT2D eigenvalue weighted by Crippen LogP contribution is 2.22. The Morgan fingerprint density at radius 3 is 2.56 bits per heavy atom. The quantitative estimate of drug-likeness (QED) is 0.864. The van der Waals surface area contributed by atoms with Crippen molar-refractivity contribution in [3.8, 4) is 0 Å². The number of nitrogens with zero attached hydrogens (tertiary/aromatic N) is 1. The lowest BCUT2D eigenvalue weighted by atomic mass is 10.1. The molecule has 1 saturated heterocycles. The third kappa shape index (κ3) is 3.47. The molecule has 0 aromatic heterocycles. The van der Waals surface area contributed by atoms with Gasteiger partial charge in [0.15, 0.2) is 0 Å². The molecule has 0 amide bonds. The van der Waals surface area contributed by atoms with Gasteiger partial charge in [-0.25, -0.2) is 0 Å². The monoisotopic (exact) mass is 248 g/mol. The molecule has 0 bridgehead atoms. The molecule has 0 spiro atoms. The number of hydrogen-bond acceptors (Lipinski definition) is 3. The summed E-state index contributed by atoms with van der Waals surface area (Å²) in [6, 6.07) is 8.67. The molecule has 1 fully saturated rings. The number of aryl methyl sites for hydroxylation is 1. The summed E-state index contributed by atoms with van der Waals surface area (Å²) in [6.07, 6.45) is 3.11. The minimum absolute atomic E-state index is 0.370. The summed E-state index contributed by atoms with van der Waals surface area (Å²) in [6.45, 7) is 4.06. The van der Waals surface area contributed by atoms with Crippen molar-refractivity contribution < 1.29 is 4.74 Å². The van der Waals surface area contributed by atoms with Crippen molar-refractivity contribution in [2.24, 2.45) is 0 Å². The van der Waals surface area contributed by atoms with Crippen LogP contribution in [0.15, 0.2) is 24.3 Å². The average molecular weight is 248 g/mol. The van der Waals surface area contributed by atoms with E-state index in [1.54, 1.807) is 0 Å². The van der Waals surface area contributed by atoms with Gasteiger partial charge in [-0.1, -0.05) is 17.7 Å². The van der Waals surface area contributed by atoms with Gasteiger partial charge < -0.3 is 15.0 Å². The molecule has 2 unspecified atom stereocenters. The molecule has 3 nitrogen and oxygen atoms in total. The van der Waals surface area contributed by atoms with Crippen LogP contribution < -0.4 is 10.2 Å². The van der Waals surface area contributed by atoms with Crippen molar-refractivity contribution in [2.45, 2.75) is 32.0 Å². The Morgan fingerprint density at radius 2 is 1.89 bits per heavy atom. The third-order valence-corrected chi connectivity index (χ3v) is 3.58. The van der Waals surface area contributed by atoms with Crippen LogP contribution in [0.1, 0.15) is 18.4 Å². The SMILES string of the molecule is CNCC1CCC(CN(C)c2ccc(C)cc2)O1. The number of anilines is 1. The fraction of sp³-hybridized carbons (Fsp3) is 0.600. The molecule has 18 heavy (non-hydrogen) atoms. The summed E-state index contributed by atoms with van der Waals surface area (Å²) in [5.41, 5.74) is 2.57.